The van der Waals surface area contributed by atoms with E-state index < -0.39 is 11.9 Å². The van der Waals surface area contributed by atoms with Crippen LogP contribution in [0.15, 0.2) is 30.5 Å². The lowest BCUT2D eigenvalue weighted by atomic mass is 10.2. The molecule has 126 valence electrons. The van der Waals surface area contributed by atoms with Gasteiger partial charge in [-0.2, -0.15) is 5.10 Å². The van der Waals surface area contributed by atoms with Crippen LogP contribution in [0.4, 0.5) is 11.5 Å². The van der Waals surface area contributed by atoms with E-state index in [1.165, 1.54) is 23.9 Å². The molecule has 1 aromatic heterocycles. The summed E-state index contributed by atoms with van der Waals surface area (Å²) >= 11 is 0. The van der Waals surface area contributed by atoms with Gasteiger partial charge >= 0.3 is 5.97 Å². The first kappa shape index (κ1) is 17.2. The third-order valence-corrected chi connectivity index (χ3v) is 3.11. The van der Waals surface area contributed by atoms with Crippen molar-refractivity contribution in [2.24, 2.45) is 7.05 Å². The minimum atomic E-state index is -0.562. The average molecular weight is 330 g/mol. The summed E-state index contributed by atoms with van der Waals surface area (Å²) in [6, 6.07) is 6.46. The quantitative estimate of drug-likeness (QED) is 0.814. The molecule has 0 saturated carbocycles. The van der Waals surface area contributed by atoms with Gasteiger partial charge in [-0.25, -0.2) is 4.79 Å². The van der Waals surface area contributed by atoms with Crippen molar-refractivity contribution < 1.29 is 19.1 Å². The number of ether oxygens (including phenoxy) is 1. The summed E-state index contributed by atoms with van der Waals surface area (Å²) in [6.07, 6.45) is 1.33. The first-order valence-corrected chi connectivity index (χ1v) is 7.30. The number of anilines is 2. The van der Waals surface area contributed by atoms with Crippen LogP contribution in [0.1, 0.15) is 34.6 Å². The van der Waals surface area contributed by atoms with Gasteiger partial charge in [0.15, 0.2) is 0 Å². The molecular formula is C16H18N4O4. The van der Waals surface area contributed by atoms with Crippen molar-refractivity contribution in [3.8, 4) is 0 Å². The van der Waals surface area contributed by atoms with Gasteiger partial charge in [-0.3, -0.25) is 14.3 Å². The van der Waals surface area contributed by atoms with Gasteiger partial charge in [0.1, 0.15) is 11.4 Å². The Morgan fingerprint density at radius 3 is 2.67 bits per heavy atom. The zero-order valence-electron chi connectivity index (χ0n) is 13.6. The Bertz CT molecular complexity index is 782. The number of carbonyl (C=O) groups excluding carboxylic acids is 3. The number of hydrogen-bond acceptors (Lipinski definition) is 5. The Morgan fingerprint density at radius 1 is 1.25 bits per heavy atom. The second-order valence-electron chi connectivity index (χ2n) is 4.97. The second kappa shape index (κ2) is 7.40. The Kier molecular flexibility index (Phi) is 5.31. The molecule has 0 fully saturated rings. The molecule has 0 aliphatic heterocycles. The summed E-state index contributed by atoms with van der Waals surface area (Å²) in [5, 5.41) is 9.22. The fourth-order valence-corrected chi connectivity index (χ4v) is 2.07. The summed E-state index contributed by atoms with van der Waals surface area (Å²) in [6.45, 7) is 3.30. The molecule has 2 N–H and O–H groups in total. The lowest BCUT2D eigenvalue weighted by Crippen LogP contribution is -2.18. The van der Waals surface area contributed by atoms with Gasteiger partial charge in [0.25, 0.3) is 5.91 Å². The van der Waals surface area contributed by atoms with Crippen LogP contribution in [0.25, 0.3) is 0 Å². The maximum atomic E-state index is 12.4. The predicted octanol–water partition coefficient (Wildman–Crippen LogP) is 1.81. The second-order valence-corrected chi connectivity index (χ2v) is 4.97. The number of benzene rings is 1. The van der Waals surface area contributed by atoms with E-state index in [9.17, 15) is 14.4 Å². The van der Waals surface area contributed by atoms with Gasteiger partial charge < -0.3 is 15.4 Å². The zero-order valence-corrected chi connectivity index (χ0v) is 13.6. The summed E-state index contributed by atoms with van der Waals surface area (Å²) in [5.74, 6) is -0.989. The lowest BCUT2D eigenvalue weighted by molar-refractivity contribution is -0.114. The van der Waals surface area contributed by atoms with Crippen molar-refractivity contribution in [1.82, 2.24) is 9.78 Å². The normalized spacial score (nSPS) is 10.1. The van der Waals surface area contributed by atoms with E-state index in [1.54, 1.807) is 32.2 Å². The van der Waals surface area contributed by atoms with E-state index in [2.05, 4.69) is 15.7 Å². The molecule has 0 spiro atoms. The molecule has 0 unspecified atom stereocenters. The van der Waals surface area contributed by atoms with Gasteiger partial charge in [-0.05, 0) is 25.1 Å². The van der Waals surface area contributed by atoms with Crippen molar-refractivity contribution in [3.63, 3.8) is 0 Å². The lowest BCUT2D eigenvalue weighted by Gasteiger charge is -2.09. The van der Waals surface area contributed by atoms with E-state index in [-0.39, 0.29) is 23.9 Å². The Labute approximate surface area is 138 Å². The number of esters is 1. The van der Waals surface area contributed by atoms with Crippen molar-refractivity contribution >= 4 is 29.3 Å². The molecule has 0 aliphatic carbocycles. The van der Waals surface area contributed by atoms with Gasteiger partial charge in [0.05, 0.1) is 12.8 Å². The van der Waals surface area contributed by atoms with Crippen LogP contribution in [-0.2, 0) is 16.6 Å². The van der Waals surface area contributed by atoms with E-state index in [0.717, 1.165) is 0 Å². The van der Waals surface area contributed by atoms with Gasteiger partial charge in [0.2, 0.25) is 5.91 Å². The maximum Gasteiger partial charge on any atom is 0.343 e. The Balaban J connectivity index is 2.23. The van der Waals surface area contributed by atoms with Crippen LogP contribution in [0.2, 0.25) is 0 Å². The maximum absolute atomic E-state index is 12.4. The van der Waals surface area contributed by atoms with Gasteiger partial charge in [-0.15, -0.1) is 0 Å². The van der Waals surface area contributed by atoms with E-state index >= 15 is 0 Å². The minimum absolute atomic E-state index is 0.172. The van der Waals surface area contributed by atoms with Crippen LogP contribution in [0.3, 0.4) is 0 Å². The van der Waals surface area contributed by atoms with E-state index in [0.29, 0.717) is 11.3 Å². The molecule has 0 aliphatic rings. The SMILES string of the molecule is CCOC(=O)c1cnn(C)c1NC(=O)c1cccc(NC(C)=O)c1. The van der Waals surface area contributed by atoms with Crippen molar-refractivity contribution in [2.75, 3.05) is 17.2 Å². The molecule has 24 heavy (non-hydrogen) atoms. The van der Waals surface area contributed by atoms with Crippen LogP contribution >= 0.6 is 0 Å². The molecule has 8 nitrogen and oxygen atoms in total. The van der Waals surface area contributed by atoms with Crippen molar-refractivity contribution in [2.45, 2.75) is 13.8 Å². The third-order valence-electron chi connectivity index (χ3n) is 3.11. The van der Waals surface area contributed by atoms with Crippen molar-refractivity contribution in [1.29, 1.82) is 0 Å². The highest BCUT2D eigenvalue weighted by molar-refractivity contribution is 6.08. The molecule has 8 heteroatoms. The first-order chi connectivity index (χ1) is 11.4. The third kappa shape index (κ3) is 3.97. The molecule has 2 amide bonds. The van der Waals surface area contributed by atoms with Crippen LogP contribution < -0.4 is 10.6 Å². The molecule has 0 radical (unpaired) electrons. The smallest absolute Gasteiger partial charge is 0.343 e. The molecule has 2 aromatic rings. The number of aryl methyl sites for hydroxylation is 1. The largest absolute Gasteiger partial charge is 0.462 e. The van der Waals surface area contributed by atoms with Gasteiger partial charge in [0, 0.05) is 25.2 Å². The summed E-state index contributed by atoms with van der Waals surface area (Å²) in [7, 11) is 1.60. The fourth-order valence-electron chi connectivity index (χ4n) is 2.07. The molecule has 1 heterocycles. The number of amides is 2. The highest BCUT2D eigenvalue weighted by Gasteiger charge is 2.19. The number of aromatic nitrogens is 2. The molecule has 0 saturated heterocycles. The monoisotopic (exact) mass is 330 g/mol. The highest BCUT2D eigenvalue weighted by atomic mass is 16.5. The number of rotatable bonds is 5. The van der Waals surface area contributed by atoms with Crippen molar-refractivity contribution in [3.05, 3.63) is 41.6 Å². The molecule has 2 rings (SSSR count). The predicted molar refractivity (Wildman–Crippen MR) is 87.9 cm³/mol. The average Bonchev–Trinajstić information content (AvgIpc) is 2.88. The number of nitrogens with one attached hydrogen (secondary N) is 2. The Morgan fingerprint density at radius 2 is 2.00 bits per heavy atom. The highest BCUT2D eigenvalue weighted by Crippen LogP contribution is 2.18. The number of hydrogen-bond donors (Lipinski definition) is 2. The molecule has 1 aromatic carbocycles. The fraction of sp³-hybridized carbons (Fsp3) is 0.250. The topological polar surface area (TPSA) is 102 Å². The minimum Gasteiger partial charge on any atom is -0.462 e. The molecule has 0 atom stereocenters. The van der Waals surface area contributed by atoms with Gasteiger partial charge in [-0.1, -0.05) is 6.07 Å². The first-order valence-electron chi connectivity index (χ1n) is 7.30. The van der Waals surface area contributed by atoms with E-state index in [4.69, 9.17) is 4.74 Å². The van der Waals surface area contributed by atoms with Crippen LogP contribution in [-0.4, -0.2) is 34.2 Å². The number of nitrogens with zero attached hydrogens (tertiary/aromatic N) is 2. The number of carbonyl (C=O) groups is 3. The standard InChI is InChI=1S/C16H18N4O4/c1-4-24-16(23)13-9-17-20(3)14(13)19-15(22)11-6-5-7-12(8-11)18-10(2)21/h5-9H,4H2,1-3H3,(H,18,21)(H,19,22). The summed E-state index contributed by atoms with van der Waals surface area (Å²) in [4.78, 5) is 35.4. The zero-order chi connectivity index (χ0) is 17.7. The van der Waals surface area contributed by atoms with E-state index in [1.807, 2.05) is 0 Å². The van der Waals surface area contributed by atoms with Crippen LogP contribution in [0.5, 0.6) is 0 Å². The Hall–Kier alpha value is -3.16. The summed E-state index contributed by atoms with van der Waals surface area (Å²) in [5.41, 5.74) is 1.01. The molecule has 0 bridgehead atoms. The molecular weight excluding hydrogens is 312 g/mol. The van der Waals surface area contributed by atoms with Crippen LogP contribution in [0, 0.1) is 0 Å². The summed E-state index contributed by atoms with van der Waals surface area (Å²) < 4.78 is 6.32.